The van der Waals surface area contributed by atoms with E-state index in [2.05, 4.69) is 138 Å². The van der Waals surface area contributed by atoms with Gasteiger partial charge in [-0.3, -0.25) is 0 Å². The number of aromatic nitrogens is 1. The van der Waals surface area contributed by atoms with E-state index in [-0.39, 0.29) is 0 Å². The number of aryl methyl sites for hydroxylation is 3. The molecule has 3 aliphatic rings. The molecular formula is C39H35NZr. The molecule has 3 aliphatic carbocycles. The standard InChI is InChI=1S/C20H16N.C14H14.C5H5.Zr/c1-2-7-15-13-16(12-14(15)6-1)21-19-10-4-3-8-17(19)18-9-5-11-20(18)21;1-3-7-13(8-4-1)11-12-14-9-5-2-6-10-14;1-2-4-5-3-1;/h1-4,6-8,10,12-13H,5,9,11H2;1-10H,11-12H2;1-3H,4H2;. The third kappa shape index (κ3) is 5.55. The van der Waals surface area contributed by atoms with Crippen molar-refractivity contribution in [3.8, 4) is 0 Å². The maximum atomic E-state index is 2.66. The van der Waals surface area contributed by atoms with Gasteiger partial charge in [0.2, 0.25) is 0 Å². The van der Waals surface area contributed by atoms with Crippen LogP contribution in [-0.2, 0) is 48.9 Å². The molecule has 1 nitrogen and oxygen atoms in total. The zero-order chi connectivity index (χ0) is 27.4. The van der Waals surface area contributed by atoms with Crippen molar-refractivity contribution in [3.05, 3.63) is 164 Å². The Labute approximate surface area is 255 Å². The maximum Gasteiger partial charge on any atom is -0.0238 e. The van der Waals surface area contributed by atoms with Crippen LogP contribution in [0.3, 0.4) is 0 Å². The number of nitrogens with zero attached hydrogens (tertiary/aromatic N) is 1. The number of para-hydroxylation sites is 1. The number of rotatable bonds is 6. The quantitative estimate of drug-likeness (QED) is 0.181. The first-order valence-corrected chi connectivity index (χ1v) is 17.6. The normalized spacial score (nSPS) is 16.5. The molecule has 1 unspecified atom stereocenters. The molecule has 0 saturated carbocycles. The van der Waals surface area contributed by atoms with Crippen LogP contribution in [0.15, 0.2) is 131 Å². The van der Waals surface area contributed by atoms with E-state index < -0.39 is 23.2 Å². The summed E-state index contributed by atoms with van der Waals surface area (Å²) in [4.78, 5) is 0. The predicted molar refractivity (Wildman–Crippen MR) is 169 cm³/mol. The van der Waals surface area contributed by atoms with Crippen molar-refractivity contribution in [2.75, 3.05) is 0 Å². The fraction of sp³-hybridized carbons (Fsp3) is 0.179. The molecule has 200 valence electrons. The molecule has 41 heavy (non-hydrogen) atoms. The van der Waals surface area contributed by atoms with Crippen LogP contribution in [-0.4, -0.2) is 4.57 Å². The minimum atomic E-state index is -0.724. The van der Waals surface area contributed by atoms with Crippen LogP contribution in [0.5, 0.6) is 0 Å². The van der Waals surface area contributed by atoms with Gasteiger partial charge in [-0.1, -0.05) is 60.7 Å². The van der Waals surface area contributed by atoms with Gasteiger partial charge in [0.1, 0.15) is 0 Å². The summed E-state index contributed by atoms with van der Waals surface area (Å²) in [5, 5.41) is 1.48. The van der Waals surface area contributed by atoms with E-state index in [1.165, 1.54) is 53.3 Å². The van der Waals surface area contributed by atoms with Crippen molar-refractivity contribution in [1.82, 2.24) is 4.57 Å². The van der Waals surface area contributed by atoms with Gasteiger partial charge in [-0.05, 0) is 24.0 Å². The third-order valence-electron chi connectivity index (χ3n) is 8.58. The van der Waals surface area contributed by atoms with E-state index in [4.69, 9.17) is 0 Å². The molecule has 0 N–H and O–H groups in total. The van der Waals surface area contributed by atoms with Gasteiger partial charge < -0.3 is 0 Å². The van der Waals surface area contributed by atoms with Crippen LogP contribution >= 0.6 is 0 Å². The van der Waals surface area contributed by atoms with Crippen molar-refractivity contribution in [3.63, 3.8) is 0 Å². The molecule has 1 atom stereocenters. The summed E-state index contributed by atoms with van der Waals surface area (Å²) in [6, 6.07) is 39.4. The molecule has 5 aromatic rings. The molecule has 0 fully saturated rings. The molecule has 1 aromatic heterocycles. The van der Waals surface area contributed by atoms with Crippen molar-refractivity contribution >= 4 is 22.7 Å². The number of allylic oxidation sites excluding steroid dienone is 5. The third-order valence-corrected chi connectivity index (χ3v) is 12.6. The Morgan fingerprint density at radius 1 is 0.707 bits per heavy atom. The minimum absolute atomic E-state index is 0.622. The minimum Gasteiger partial charge on any atom is -0.0622 e. The molecule has 0 bridgehead atoms. The summed E-state index contributed by atoms with van der Waals surface area (Å²) in [5.74, 6) is 0. The van der Waals surface area contributed by atoms with E-state index in [0.29, 0.717) is 3.63 Å². The second-order valence-corrected chi connectivity index (χ2v) is 14.9. The second kappa shape index (κ2) is 12.2. The Morgan fingerprint density at radius 3 is 2.12 bits per heavy atom. The van der Waals surface area contributed by atoms with E-state index in [1.54, 1.807) is 25.8 Å². The first kappa shape index (κ1) is 26.4. The Balaban J connectivity index is 0.000000167. The summed E-state index contributed by atoms with van der Waals surface area (Å²) >= 11 is -0.724. The van der Waals surface area contributed by atoms with Crippen LogP contribution in [0.2, 0.25) is 0 Å². The molecule has 0 aliphatic heterocycles. The van der Waals surface area contributed by atoms with Gasteiger partial charge in [-0.2, -0.15) is 0 Å². The zero-order valence-corrected chi connectivity index (χ0v) is 25.9. The fourth-order valence-electron chi connectivity index (χ4n) is 6.60. The van der Waals surface area contributed by atoms with Crippen LogP contribution in [0, 0.1) is 0 Å². The summed E-state index contributed by atoms with van der Waals surface area (Å²) < 4.78 is 5.00. The van der Waals surface area contributed by atoms with Gasteiger partial charge in [0.15, 0.2) is 0 Å². The topological polar surface area (TPSA) is 4.93 Å². The molecule has 0 radical (unpaired) electrons. The van der Waals surface area contributed by atoms with Gasteiger partial charge >= 0.3 is 172 Å². The Morgan fingerprint density at radius 2 is 1.39 bits per heavy atom. The summed E-state index contributed by atoms with van der Waals surface area (Å²) in [6.45, 7) is 0. The molecule has 4 aromatic carbocycles. The van der Waals surface area contributed by atoms with Gasteiger partial charge in [-0.15, -0.1) is 0 Å². The first-order chi connectivity index (χ1) is 20.3. The summed E-state index contributed by atoms with van der Waals surface area (Å²) in [6.07, 6.45) is 16.7. The van der Waals surface area contributed by atoms with Gasteiger partial charge in [-0.25, -0.2) is 0 Å². The molecule has 0 saturated heterocycles. The van der Waals surface area contributed by atoms with Gasteiger partial charge in [0.25, 0.3) is 0 Å². The number of hydrogen-bond acceptors (Lipinski definition) is 0. The molecule has 2 heteroatoms. The van der Waals surface area contributed by atoms with Gasteiger partial charge in [0.05, 0.1) is 0 Å². The Kier molecular flexibility index (Phi) is 7.85. The molecule has 0 amide bonds. The predicted octanol–water partition coefficient (Wildman–Crippen LogP) is 9.58. The molecule has 1 heterocycles. The number of fused-ring (bicyclic) bond motifs is 4. The van der Waals surface area contributed by atoms with Crippen molar-refractivity contribution in [2.45, 2.75) is 42.2 Å². The SMILES string of the molecule is C1=CC[C]([Zr][CH]2C(n3c4c(c5ccccc53)CCC4)=Cc3ccccc32)=C1.c1ccc(CCc2ccccc2)cc1. The molecule has 8 rings (SSSR count). The van der Waals surface area contributed by atoms with E-state index in [9.17, 15) is 0 Å². The van der Waals surface area contributed by atoms with E-state index in [1.807, 2.05) is 0 Å². The summed E-state index contributed by atoms with van der Waals surface area (Å²) in [7, 11) is 0. The van der Waals surface area contributed by atoms with E-state index in [0.717, 1.165) is 12.8 Å². The number of hydrogen-bond donors (Lipinski definition) is 0. The zero-order valence-electron chi connectivity index (χ0n) is 23.5. The fourth-order valence-corrected chi connectivity index (χ4v) is 10.5. The smallest absolute Gasteiger partial charge is 0.0238 e. The Hall–Kier alpha value is -3.48. The van der Waals surface area contributed by atoms with Crippen LogP contribution in [0.1, 0.15) is 50.0 Å². The largest absolute Gasteiger partial charge is 0.0622 e. The average molecular weight is 609 g/mol. The molecule has 0 spiro atoms. The van der Waals surface area contributed by atoms with Crippen molar-refractivity contribution < 1.29 is 23.2 Å². The van der Waals surface area contributed by atoms with Crippen LogP contribution < -0.4 is 0 Å². The number of benzene rings is 4. The van der Waals surface area contributed by atoms with Crippen molar-refractivity contribution in [1.29, 1.82) is 0 Å². The Bertz CT molecular complexity index is 1710. The van der Waals surface area contributed by atoms with Crippen LogP contribution in [0.4, 0.5) is 0 Å². The summed E-state index contributed by atoms with van der Waals surface area (Å²) in [5.41, 5.74) is 12.0. The van der Waals surface area contributed by atoms with Crippen LogP contribution in [0.25, 0.3) is 22.7 Å². The van der Waals surface area contributed by atoms with Gasteiger partial charge in [0, 0.05) is 0 Å². The molecular weight excluding hydrogens is 574 g/mol. The maximum absolute atomic E-state index is 2.66. The average Bonchev–Trinajstić information content (AvgIpc) is 3.83. The second-order valence-electron chi connectivity index (χ2n) is 11.2. The monoisotopic (exact) mass is 607 g/mol. The first-order valence-electron chi connectivity index (χ1n) is 15.0. The van der Waals surface area contributed by atoms with Crippen molar-refractivity contribution in [2.24, 2.45) is 0 Å². The van der Waals surface area contributed by atoms with E-state index >= 15 is 0 Å².